The van der Waals surface area contributed by atoms with Crippen LogP contribution >= 0.6 is 0 Å². The number of nitrogens with one attached hydrogen (secondary N) is 1. The van der Waals surface area contributed by atoms with E-state index in [-0.39, 0.29) is 24.7 Å². The average molecular weight is 159 g/mol. The number of rotatable bonds is 4. The maximum absolute atomic E-state index is 10.5. The molecule has 0 spiro atoms. The Labute approximate surface area is 65.6 Å². The second-order valence-corrected chi connectivity index (χ2v) is 2.49. The summed E-state index contributed by atoms with van der Waals surface area (Å²) >= 11 is 0. The molecule has 0 saturated heterocycles. The van der Waals surface area contributed by atoms with Gasteiger partial charge in [-0.2, -0.15) is 0 Å². The van der Waals surface area contributed by atoms with Crippen molar-refractivity contribution in [2.45, 2.75) is 26.3 Å². The molecule has 0 aliphatic rings. The topological polar surface area (TPSA) is 66.4 Å². The zero-order valence-electron chi connectivity index (χ0n) is 6.76. The molecule has 0 bridgehead atoms. The van der Waals surface area contributed by atoms with Gasteiger partial charge in [0.15, 0.2) is 0 Å². The van der Waals surface area contributed by atoms with Crippen molar-refractivity contribution in [2.24, 2.45) is 0 Å². The quantitative estimate of drug-likeness (QED) is 0.579. The van der Waals surface area contributed by atoms with E-state index in [2.05, 4.69) is 5.32 Å². The molecule has 64 valence electrons. The SMILES string of the molecule is CC(=O)C[C@@H](CO)NC(C)=O. The predicted octanol–water partition coefficient (Wildman–Crippen LogP) is -0.538. The molecule has 11 heavy (non-hydrogen) atoms. The summed E-state index contributed by atoms with van der Waals surface area (Å²) in [5.41, 5.74) is 0. The Morgan fingerprint density at radius 3 is 2.27 bits per heavy atom. The molecule has 1 amide bonds. The van der Waals surface area contributed by atoms with Crippen LogP contribution in [0.25, 0.3) is 0 Å². The van der Waals surface area contributed by atoms with Crippen molar-refractivity contribution in [3.63, 3.8) is 0 Å². The first-order valence-electron chi connectivity index (χ1n) is 3.43. The van der Waals surface area contributed by atoms with Crippen molar-refractivity contribution in [1.82, 2.24) is 5.32 Å². The summed E-state index contributed by atoms with van der Waals surface area (Å²) in [5, 5.41) is 11.1. The minimum Gasteiger partial charge on any atom is -0.394 e. The van der Waals surface area contributed by atoms with Gasteiger partial charge in [-0.1, -0.05) is 0 Å². The highest BCUT2D eigenvalue weighted by molar-refractivity contribution is 5.78. The van der Waals surface area contributed by atoms with Crippen molar-refractivity contribution in [2.75, 3.05) is 6.61 Å². The number of aliphatic hydroxyl groups is 1. The molecule has 0 aromatic rings. The largest absolute Gasteiger partial charge is 0.394 e. The Morgan fingerprint density at radius 1 is 1.45 bits per heavy atom. The first-order chi connectivity index (χ1) is 5.06. The lowest BCUT2D eigenvalue weighted by Gasteiger charge is -2.12. The lowest BCUT2D eigenvalue weighted by atomic mass is 10.1. The van der Waals surface area contributed by atoms with E-state index in [1.807, 2.05) is 0 Å². The van der Waals surface area contributed by atoms with Gasteiger partial charge < -0.3 is 10.4 Å². The molecule has 1 atom stereocenters. The van der Waals surface area contributed by atoms with Gasteiger partial charge in [-0.25, -0.2) is 0 Å². The molecule has 0 aromatic carbocycles. The van der Waals surface area contributed by atoms with Gasteiger partial charge in [0, 0.05) is 13.3 Å². The Kier molecular flexibility index (Phi) is 4.45. The molecule has 0 rings (SSSR count). The monoisotopic (exact) mass is 159 g/mol. The van der Waals surface area contributed by atoms with Crippen LogP contribution in [0.5, 0.6) is 0 Å². The molecule has 4 heteroatoms. The van der Waals surface area contributed by atoms with Gasteiger partial charge in [-0.15, -0.1) is 0 Å². The van der Waals surface area contributed by atoms with Gasteiger partial charge in [-0.05, 0) is 6.92 Å². The molecule has 0 radical (unpaired) electrons. The van der Waals surface area contributed by atoms with Crippen LogP contribution in [-0.4, -0.2) is 29.4 Å². The first kappa shape index (κ1) is 10.1. The summed E-state index contributed by atoms with van der Waals surface area (Å²) in [5.74, 6) is -0.275. The van der Waals surface area contributed by atoms with Gasteiger partial charge in [0.1, 0.15) is 5.78 Å². The van der Waals surface area contributed by atoms with Crippen molar-refractivity contribution < 1.29 is 14.7 Å². The molecule has 0 unspecified atom stereocenters. The number of carbonyl (C=O) groups excluding carboxylic acids is 2. The molecule has 0 fully saturated rings. The molecule has 0 heterocycles. The minimum atomic E-state index is -0.426. The smallest absolute Gasteiger partial charge is 0.217 e. The van der Waals surface area contributed by atoms with Gasteiger partial charge in [0.25, 0.3) is 0 Å². The number of ketones is 1. The summed E-state index contributed by atoms with van der Waals surface area (Å²) in [6, 6.07) is -0.426. The van der Waals surface area contributed by atoms with Crippen LogP contribution in [0.3, 0.4) is 0 Å². The normalized spacial score (nSPS) is 12.3. The highest BCUT2D eigenvalue weighted by atomic mass is 16.3. The molecule has 0 aromatic heterocycles. The van der Waals surface area contributed by atoms with Crippen LogP contribution in [0.2, 0.25) is 0 Å². The Morgan fingerprint density at radius 2 is 2.00 bits per heavy atom. The Bertz CT molecular complexity index is 140. The third-order valence-electron chi connectivity index (χ3n) is 1.16. The van der Waals surface area contributed by atoms with Gasteiger partial charge >= 0.3 is 0 Å². The van der Waals surface area contributed by atoms with E-state index >= 15 is 0 Å². The number of Topliss-reactive ketones (excluding diaryl/α,β-unsaturated/α-hetero) is 1. The lowest BCUT2D eigenvalue weighted by Crippen LogP contribution is -2.37. The number of hydrogen-bond acceptors (Lipinski definition) is 3. The van der Waals surface area contributed by atoms with Crippen LogP contribution in [0.4, 0.5) is 0 Å². The van der Waals surface area contributed by atoms with Gasteiger partial charge in [-0.3, -0.25) is 9.59 Å². The fourth-order valence-electron chi connectivity index (χ4n) is 0.796. The van der Waals surface area contributed by atoms with Crippen LogP contribution in [-0.2, 0) is 9.59 Å². The Balaban J connectivity index is 3.76. The van der Waals surface area contributed by atoms with E-state index in [1.165, 1.54) is 13.8 Å². The molecule has 0 aliphatic carbocycles. The second kappa shape index (κ2) is 4.85. The maximum Gasteiger partial charge on any atom is 0.217 e. The summed E-state index contributed by atoms with van der Waals surface area (Å²) < 4.78 is 0. The van der Waals surface area contributed by atoms with Crippen LogP contribution in [0.1, 0.15) is 20.3 Å². The predicted molar refractivity (Wildman–Crippen MR) is 40.0 cm³/mol. The fourth-order valence-corrected chi connectivity index (χ4v) is 0.796. The molecule has 0 saturated carbocycles. The van der Waals surface area contributed by atoms with E-state index in [0.29, 0.717) is 0 Å². The van der Waals surface area contributed by atoms with Crippen molar-refractivity contribution >= 4 is 11.7 Å². The average Bonchev–Trinajstić information content (AvgIpc) is 1.84. The Hall–Kier alpha value is -0.900. The zero-order valence-corrected chi connectivity index (χ0v) is 6.76. The maximum atomic E-state index is 10.5. The van der Waals surface area contributed by atoms with Crippen LogP contribution in [0, 0.1) is 0 Å². The van der Waals surface area contributed by atoms with Crippen molar-refractivity contribution in [1.29, 1.82) is 0 Å². The number of carbonyl (C=O) groups is 2. The summed E-state index contributed by atoms with van der Waals surface area (Å²) in [7, 11) is 0. The van der Waals surface area contributed by atoms with E-state index < -0.39 is 6.04 Å². The molecule has 2 N–H and O–H groups in total. The lowest BCUT2D eigenvalue weighted by molar-refractivity contribution is -0.121. The van der Waals surface area contributed by atoms with Crippen LogP contribution < -0.4 is 5.32 Å². The standard InChI is InChI=1S/C7H13NO3/c1-5(10)3-7(4-9)8-6(2)11/h7,9H,3-4H2,1-2H3,(H,8,11)/t7-/m0/s1. The van der Waals surface area contributed by atoms with E-state index in [0.717, 1.165) is 0 Å². The number of amides is 1. The number of hydrogen-bond donors (Lipinski definition) is 2. The van der Waals surface area contributed by atoms with Crippen molar-refractivity contribution in [3.8, 4) is 0 Å². The van der Waals surface area contributed by atoms with E-state index in [4.69, 9.17) is 5.11 Å². The summed E-state index contributed by atoms with van der Waals surface area (Å²) in [4.78, 5) is 21.0. The van der Waals surface area contributed by atoms with Crippen LogP contribution in [0.15, 0.2) is 0 Å². The molecule has 0 aliphatic heterocycles. The van der Waals surface area contributed by atoms with Gasteiger partial charge in [0.2, 0.25) is 5.91 Å². The molecule has 4 nitrogen and oxygen atoms in total. The van der Waals surface area contributed by atoms with Gasteiger partial charge in [0.05, 0.1) is 12.6 Å². The van der Waals surface area contributed by atoms with E-state index in [1.54, 1.807) is 0 Å². The third-order valence-corrected chi connectivity index (χ3v) is 1.16. The van der Waals surface area contributed by atoms with E-state index in [9.17, 15) is 9.59 Å². The molecular formula is C7H13NO3. The molecular weight excluding hydrogens is 146 g/mol. The summed E-state index contributed by atoms with van der Waals surface area (Å²) in [6.45, 7) is 2.58. The fraction of sp³-hybridized carbons (Fsp3) is 0.714. The minimum absolute atomic E-state index is 0.0437. The summed E-state index contributed by atoms with van der Waals surface area (Å²) in [6.07, 6.45) is 0.191. The zero-order chi connectivity index (χ0) is 8.85. The highest BCUT2D eigenvalue weighted by Gasteiger charge is 2.09. The third kappa shape index (κ3) is 5.54. The first-order valence-corrected chi connectivity index (χ1v) is 3.43. The second-order valence-electron chi connectivity index (χ2n) is 2.49. The highest BCUT2D eigenvalue weighted by Crippen LogP contribution is 1.91. The van der Waals surface area contributed by atoms with Crippen molar-refractivity contribution in [3.05, 3.63) is 0 Å². The number of aliphatic hydroxyl groups excluding tert-OH is 1.